The van der Waals surface area contributed by atoms with Crippen LogP contribution in [-0.2, 0) is 0 Å². The molecule has 0 bridgehead atoms. The smallest absolute Gasteiger partial charge is 0.222 e. The molecule has 16 heavy (non-hydrogen) atoms. The highest BCUT2D eigenvalue weighted by Gasteiger charge is 2.22. The summed E-state index contributed by atoms with van der Waals surface area (Å²) in [7, 11) is 0. The van der Waals surface area contributed by atoms with Gasteiger partial charge in [-0.15, -0.1) is 0 Å². The van der Waals surface area contributed by atoms with Crippen LogP contribution in [0, 0.1) is 18.8 Å². The first-order valence-electron chi connectivity index (χ1n) is 6.00. The number of hydrogen-bond acceptors (Lipinski definition) is 4. The monoisotopic (exact) mass is 220 g/mol. The van der Waals surface area contributed by atoms with Crippen LogP contribution >= 0.6 is 0 Å². The van der Waals surface area contributed by atoms with E-state index in [0.29, 0.717) is 5.95 Å². The lowest BCUT2D eigenvalue weighted by molar-refractivity contribution is 0.439. The quantitative estimate of drug-likeness (QED) is 0.819. The number of nitrogen functional groups attached to an aromatic ring is 1. The summed E-state index contributed by atoms with van der Waals surface area (Å²) in [5.41, 5.74) is 6.52. The molecule has 0 saturated heterocycles. The minimum absolute atomic E-state index is 0.349. The third-order valence-corrected chi connectivity index (χ3v) is 3.46. The summed E-state index contributed by atoms with van der Waals surface area (Å²) >= 11 is 0. The molecule has 1 fully saturated rings. The number of nitrogens with zero attached hydrogens (tertiary/aromatic N) is 2. The molecule has 1 aromatic heterocycles. The molecule has 1 aromatic rings. The van der Waals surface area contributed by atoms with Gasteiger partial charge in [-0.25, -0.2) is 4.98 Å². The fourth-order valence-corrected chi connectivity index (χ4v) is 2.44. The van der Waals surface area contributed by atoms with Crippen molar-refractivity contribution in [1.82, 2.24) is 9.97 Å². The molecule has 3 N–H and O–H groups in total. The van der Waals surface area contributed by atoms with Gasteiger partial charge in [0.25, 0.3) is 0 Å². The third kappa shape index (κ3) is 2.62. The van der Waals surface area contributed by atoms with Gasteiger partial charge in [0.15, 0.2) is 0 Å². The van der Waals surface area contributed by atoms with E-state index in [1.807, 2.05) is 13.0 Å². The van der Waals surface area contributed by atoms with Crippen molar-refractivity contribution in [2.24, 2.45) is 11.8 Å². The molecule has 4 nitrogen and oxygen atoms in total. The van der Waals surface area contributed by atoms with Gasteiger partial charge in [0, 0.05) is 18.3 Å². The van der Waals surface area contributed by atoms with Gasteiger partial charge in [-0.05, 0) is 25.2 Å². The number of nitrogens with two attached hydrogens (primary N) is 1. The Balaban J connectivity index is 1.94. The molecule has 2 rings (SSSR count). The topological polar surface area (TPSA) is 63.8 Å². The van der Waals surface area contributed by atoms with E-state index in [2.05, 4.69) is 22.2 Å². The second-order valence-corrected chi connectivity index (χ2v) is 4.80. The van der Waals surface area contributed by atoms with Crippen molar-refractivity contribution in [3.05, 3.63) is 11.8 Å². The maximum Gasteiger partial charge on any atom is 0.222 e. The van der Waals surface area contributed by atoms with E-state index in [9.17, 15) is 0 Å². The lowest BCUT2D eigenvalue weighted by Gasteiger charge is -2.16. The lowest BCUT2D eigenvalue weighted by atomic mass is 9.98. The first kappa shape index (κ1) is 11.2. The van der Waals surface area contributed by atoms with Crippen molar-refractivity contribution < 1.29 is 0 Å². The predicted octanol–water partition coefficient (Wildman–Crippen LogP) is 2.22. The minimum Gasteiger partial charge on any atom is -0.370 e. The second-order valence-electron chi connectivity index (χ2n) is 4.80. The van der Waals surface area contributed by atoms with E-state index in [-0.39, 0.29) is 0 Å². The molecule has 2 atom stereocenters. The molecule has 0 aromatic carbocycles. The Labute approximate surface area is 96.7 Å². The van der Waals surface area contributed by atoms with Crippen LogP contribution < -0.4 is 11.1 Å². The summed E-state index contributed by atoms with van der Waals surface area (Å²) in [5.74, 6) is 2.80. The largest absolute Gasteiger partial charge is 0.370 e. The second kappa shape index (κ2) is 4.68. The van der Waals surface area contributed by atoms with E-state index < -0.39 is 0 Å². The average molecular weight is 220 g/mol. The van der Waals surface area contributed by atoms with Crippen LogP contribution in [0.2, 0.25) is 0 Å². The summed E-state index contributed by atoms with van der Waals surface area (Å²) in [5, 5.41) is 3.37. The van der Waals surface area contributed by atoms with E-state index in [1.165, 1.54) is 19.3 Å². The number of aryl methyl sites for hydroxylation is 1. The van der Waals surface area contributed by atoms with Crippen molar-refractivity contribution >= 4 is 11.8 Å². The van der Waals surface area contributed by atoms with Crippen molar-refractivity contribution in [3.63, 3.8) is 0 Å². The van der Waals surface area contributed by atoms with Crippen molar-refractivity contribution in [3.8, 4) is 0 Å². The zero-order chi connectivity index (χ0) is 11.5. The van der Waals surface area contributed by atoms with Crippen molar-refractivity contribution in [1.29, 1.82) is 0 Å². The van der Waals surface area contributed by atoms with Gasteiger partial charge in [0.05, 0.1) is 0 Å². The van der Waals surface area contributed by atoms with Gasteiger partial charge in [-0.3, -0.25) is 0 Å². The molecule has 2 unspecified atom stereocenters. The molecule has 0 radical (unpaired) electrons. The van der Waals surface area contributed by atoms with Gasteiger partial charge in [-0.1, -0.05) is 19.8 Å². The van der Waals surface area contributed by atoms with Crippen LogP contribution in [-0.4, -0.2) is 16.5 Å². The molecule has 1 aliphatic rings. The molecule has 0 amide bonds. The Hall–Kier alpha value is -1.32. The van der Waals surface area contributed by atoms with Gasteiger partial charge in [0.2, 0.25) is 5.95 Å². The van der Waals surface area contributed by atoms with Gasteiger partial charge < -0.3 is 11.1 Å². The number of hydrogen-bond donors (Lipinski definition) is 2. The molecule has 88 valence electrons. The standard InChI is InChI=1S/C12H20N4/c1-8-4-3-5-10(8)7-14-11-6-9(2)15-12(13)16-11/h6,8,10H,3-5,7H2,1-2H3,(H3,13,14,15,16). The Bertz CT molecular complexity index is 344. The van der Waals surface area contributed by atoms with Crippen LogP contribution in [0.25, 0.3) is 0 Å². The SMILES string of the molecule is Cc1cc(NCC2CCCC2C)nc(N)n1. The van der Waals surface area contributed by atoms with Crippen molar-refractivity contribution in [2.45, 2.75) is 33.1 Å². The van der Waals surface area contributed by atoms with Crippen LogP contribution in [0.1, 0.15) is 31.9 Å². The minimum atomic E-state index is 0.349. The Morgan fingerprint density at radius 3 is 2.88 bits per heavy atom. The normalized spacial score (nSPS) is 24.6. The molecule has 1 heterocycles. The Morgan fingerprint density at radius 1 is 1.44 bits per heavy atom. The zero-order valence-corrected chi connectivity index (χ0v) is 10.0. The highest BCUT2D eigenvalue weighted by atomic mass is 15.1. The van der Waals surface area contributed by atoms with Gasteiger partial charge in [-0.2, -0.15) is 4.98 Å². The Morgan fingerprint density at radius 2 is 2.25 bits per heavy atom. The fraction of sp³-hybridized carbons (Fsp3) is 0.667. The summed E-state index contributed by atoms with van der Waals surface area (Å²) in [6.07, 6.45) is 4.05. The maximum atomic E-state index is 5.61. The molecule has 1 saturated carbocycles. The van der Waals surface area contributed by atoms with E-state index >= 15 is 0 Å². The molecular weight excluding hydrogens is 200 g/mol. The summed E-state index contributed by atoms with van der Waals surface area (Å²) < 4.78 is 0. The van der Waals surface area contributed by atoms with E-state index in [0.717, 1.165) is 29.9 Å². The molecule has 0 aliphatic heterocycles. The van der Waals surface area contributed by atoms with Crippen LogP contribution in [0.5, 0.6) is 0 Å². The average Bonchev–Trinajstić information content (AvgIpc) is 2.59. The van der Waals surface area contributed by atoms with Crippen LogP contribution in [0.4, 0.5) is 11.8 Å². The van der Waals surface area contributed by atoms with Crippen molar-refractivity contribution in [2.75, 3.05) is 17.6 Å². The highest BCUT2D eigenvalue weighted by molar-refractivity contribution is 5.40. The summed E-state index contributed by atoms with van der Waals surface area (Å²) in [6.45, 7) is 5.26. The zero-order valence-electron chi connectivity index (χ0n) is 10.0. The van der Waals surface area contributed by atoms with Gasteiger partial charge in [0.1, 0.15) is 5.82 Å². The van der Waals surface area contributed by atoms with Gasteiger partial charge >= 0.3 is 0 Å². The molecule has 1 aliphatic carbocycles. The molecule has 4 heteroatoms. The number of aromatic nitrogens is 2. The third-order valence-electron chi connectivity index (χ3n) is 3.46. The van der Waals surface area contributed by atoms with E-state index in [1.54, 1.807) is 0 Å². The van der Waals surface area contributed by atoms with E-state index in [4.69, 9.17) is 5.73 Å². The predicted molar refractivity (Wildman–Crippen MR) is 66.2 cm³/mol. The number of anilines is 2. The number of nitrogens with one attached hydrogen (secondary N) is 1. The van der Waals surface area contributed by atoms with Crippen LogP contribution in [0.3, 0.4) is 0 Å². The Kier molecular flexibility index (Phi) is 3.27. The number of rotatable bonds is 3. The highest BCUT2D eigenvalue weighted by Crippen LogP contribution is 2.31. The lowest BCUT2D eigenvalue weighted by Crippen LogP contribution is -2.17. The molecule has 0 spiro atoms. The van der Waals surface area contributed by atoms with Crippen LogP contribution in [0.15, 0.2) is 6.07 Å². The maximum absolute atomic E-state index is 5.61. The fourth-order valence-electron chi connectivity index (χ4n) is 2.44. The summed E-state index contributed by atoms with van der Waals surface area (Å²) in [6, 6.07) is 1.94. The first-order chi connectivity index (χ1) is 7.65. The molecular formula is C12H20N4. The first-order valence-corrected chi connectivity index (χ1v) is 6.00. The summed E-state index contributed by atoms with van der Waals surface area (Å²) in [4.78, 5) is 8.23.